The van der Waals surface area contributed by atoms with Crippen LogP contribution in [-0.2, 0) is 20.7 Å². The highest BCUT2D eigenvalue weighted by Gasteiger charge is 2.45. The van der Waals surface area contributed by atoms with E-state index in [2.05, 4.69) is 0 Å². The summed E-state index contributed by atoms with van der Waals surface area (Å²) in [7, 11) is 0. The average Bonchev–Trinajstić information content (AvgIpc) is 3.01. The Balaban J connectivity index is 2.01. The predicted octanol–water partition coefficient (Wildman–Crippen LogP) is 4.62. The first-order valence-corrected chi connectivity index (χ1v) is 10.6. The molecule has 0 saturated carbocycles. The van der Waals surface area contributed by atoms with Crippen molar-refractivity contribution >= 4 is 17.4 Å². The van der Waals surface area contributed by atoms with Gasteiger partial charge in [-0.05, 0) is 49.9 Å². The van der Waals surface area contributed by atoms with Gasteiger partial charge in [0.15, 0.2) is 0 Å². The number of ketones is 1. The van der Waals surface area contributed by atoms with E-state index in [0.717, 1.165) is 12.0 Å². The third-order valence-corrected chi connectivity index (χ3v) is 5.36. The van der Waals surface area contributed by atoms with Crippen LogP contribution < -0.4 is 0 Å². The smallest absolute Gasteiger partial charge is 0.295 e. The van der Waals surface area contributed by atoms with Crippen LogP contribution in [0, 0.1) is 5.82 Å². The Bertz CT molecular complexity index is 964. The van der Waals surface area contributed by atoms with Crippen LogP contribution in [0.25, 0.3) is 5.76 Å². The van der Waals surface area contributed by atoms with Gasteiger partial charge in [0, 0.05) is 18.7 Å². The molecule has 1 aliphatic heterocycles. The fourth-order valence-electron chi connectivity index (χ4n) is 3.71. The molecule has 1 saturated heterocycles. The van der Waals surface area contributed by atoms with Crippen LogP contribution in [0.5, 0.6) is 0 Å². The van der Waals surface area contributed by atoms with Gasteiger partial charge < -0.3 is 14.7 Å². The maximum atomic E-state index is 13.5. The molecule has 5 nitrogen and oxygen atoms in total. The number of likely N-dealkylation sites (tertiary alicyclic amines) is 1. The van der Waals surface area contributed by atoms with E-state index >= 15 is 0 Å². The highest BCUT2D eigenvalue weighted by molar-refractivity contribution is 6.46. The predicted molar refractivity (Wildman–Crippen MR) is 117 cm³/mol. The van der Waals surface area contributed by atoms with Gasteiger partial charge >= 0.3 is 0 Å². The van der Waals surface area contributed by atoms with Crippen LogP contribution in [-0.4, -0.2) is 41.0 Å². The molecule has 1 heterocycles. The Kier molecular flexibility index (Phi) is 7.23. The van der Waals surface area contributed by atoms with Gasteiger partial charge in [0.25, 0.3) is 11.7 Å². The first-order valence-electron chi connectivity index (χ1n) is 10.6. The molecule has 2 aromatic carbocycles. The molecule has 1 fully saturated rings. The van der Waals surface area contributed by atoms with E-state index in [4.69, 9.17) is 4.74 Å². The summed E-state index contributed by atoms with van der Waals surface area (Å²) in [5.74, 6) is -2.06. The number of aryl methyl sites for hydroxylation is 1. The summed E-state index contributed by atoms with van der Waals surface area (Å²) in [6, 6.07) is 12.1. The molecule has 6 heteroatoms. The zero-order valence-electron chi connectivity index (χ0n) is 18.1. The summed E-state index contributed by atoms with van der Waals surface area (Å²) in [6.45, 7) is 6.60. The van der Waals surface area contributed by atoms with Gasteiger partial charge in [0.1, 0.15) is 11.6 Å². The van der Waals surface area contributed by atoms with Crippen LogP contribution in [0.4, 0.5) is 4.39 Å². The lowest BCUT2D eigenvalue weighted by Gasteiger charge is -2.25. The maximum Gasteiger partial charge on any atom is 0.295 e. The Morgan fingerprint density at radius 3 is 2.32 bits per heavy atom. The number of halogens is 1. The molecule has 0 bridgehead atoms. The van der Waals surface area contributed by atoms with Crippen molar-refractivity contribution in [3.63, 3.8) is 0 Å². The second-order valence-electron chi connectivity index (χ2n) is 7.87. The van der Waals surface area contributed by atoms with Crippen molar-refractivity contribution < 1.29 is 23.8 Å². The lowest BCUT2D eigenvalue weighted by atomic mass is 9.95. The topological polar surface area (TPSA) is 66.8 Å². The van der Waals surface area contributed by atoms with Crippen LogP contribution in [0.3, 0.4) is 0 Å². The summed E-state index contributed by atoms with van der Waals surface area (Å²) in [5.41, 5.74) is 2.14. The average molecular weight is 426 g/mol. The number of aliphatic hydroxyl groups is 1. The molecule has 1 N–H and O–H groups in total. The molecule has 0 aliphatic carbocycles. The second-order valence-corrected chi connectivity index (χ2v) is 7.87. The van der Waals surface area contributed by atoms with Gasteiger partial charge in [-0.3, -0.25) is 9.59 Å². The van der Waals surface area contributed by atoms with Crippen molar-refractivity contribution in [2.45, 2.75) is 45.8 Å². The van der Waals surface area contributed by atoms with Crippen molar-refractivity contribution in [3.05, 3.63) is 76.6 Å². The monoisotopic (exact) mass is 425 g/mol. The van der Waals surface area contributed by atoms with Gasteiger partial charge in [-0.25, -0.2) is 4.39 Å². The van der Waals surface area contributed by atoms with Gasteiger partial charge in [-0.15, -0.1) is 0 Å². The minimum atomic E-state index is -0.787. The van der Waals surface area contributed by atoms with Crippen molar-refractivity contribution in [1.82, 2.24) is 4.90 Å². The van der Waals surface area contributed by atoms with E-state index in [-0.39, 0.29) is 24.0 Å². The van der Waals surface area contributed by atoms with Gasteiger partial charge in [-0.2, -0.15) is 0 Å². The second kappa shape index (κ2) is 9.88. The summed E-state index contributed by atoms with van der Waals surface area (Å²) in [6.07, 6.45) is 1.45. The first kappa shape index (κ1) is 22.7. The number of carbonyl (C=O) groups is 2. The van der Waals surface area contributed by atoms with Gasteiger partial charge in [-0.1, -0.05) is 43.3 Å². The number of ether oxygens (including phenoxy) is 1. The first-order chi connectivity index (χ1) is 14.8. The molecular formula is C25H28FNO4. The maximum absolute atomic E-state index is 13.5. The molecule has 1 unspecified atom stereocenters. The highest BCUT2D eigenvalue weighted by atomic mass is 19.1. The summed E-state index contributed by atoms with van der Waals surface area (Å²) >= 11 is 0. The molecule has 164 valence electrons. The minimum absolute atomic E-state index is 0.0191. The summed E-state index contributed by atoms with van der Waals surface area (Å²) in [5, 5.41) is 11.0. The zero-order chi connectivity index (χ0) is 22.5. The molecule has 0 aromatic heterocycles. The zero-order valence-corrected chi connectivity index (χ0v) is 18.1. The largest absolute Gasteiger partial charge is 0.507 e. The van der Waals surface area contributed by atoms with Crippen molar-refractivity contribution in [2.24, 2.45) is 0 Å². The number of hydrogen-bond acceptors (Lipinski definition) is 4. The normalized spacial score (nSPS) is 18.2. The van der Waals surface area contributed by atoms with Crippen molar-refractivity contribution in [3.8, 4) is 0 Å². The quantitative estimate of drug-likeness (QED) is 0.290. The SMILES string of the molecule is CCc1ccc(/C(O)=C2/C(=O)C(=O)N(CCCOC(C)C)C2c2ccc(F)cc2)cc1. The van der Waals surface area contributed by atoms with E-state index < -0.39 is 23.5 Å². The summed E-state index contributed by atoms with van der Waals surface area (Å²) in [4.78, 5) is 27.2. The van der Waals surface area contributed by atoms with E-state index in [9.17, 15) is 19.1 Å². The van der Waals surface area contributed by atoms with Crippen molar-refractivity contribution in [2.75, 3.05) is 13.2 Å². The third kappa shape index (κ3) is 5.02. The fourth-order valence-corrected chi connectivity index (χ4v) is 3.71. The van der Waals surface area contributed by atoms with Crippen LogP contribution in [0.15, 0.2) is 54.1 Å². The van der Waals surface area contributed by atoms with E-state index in [1.165, 1.54) is 29.2 Å². The number of aliphatic hydroxyl groups excluding tert-OH is 1. The number of carbonyl (C=O) groups excluding carboxylic acids is 2. The van der Waals surface area contributed by atoms with E-state index in [1.807, 2.05) is 32.9 Å². The molecule has 2 aromatic rings. The molecule has 1 aliphatic rings. The van der Waals surface area contributed by atoms with Gasteiger partial charge in [0.05, 0.1) is 17.7 Å². The van der Waals surface area contributed by atoms with Gasteiger partial charge in [0.2, 0.25) is 0 Å². The molecule has 0 radical (unpaired) electrons. The molecule has 1 atom stereocenters. The highest BCUT2D eigenvalue weighted by Crippen LogP contribution is 2.39. The number of hydrogen-bond donors (Lipinski definition) is 1. The minimum Gasteiger partial charge on any atom is -0.507 e. The summed E-state index contributed by atoms with van der Waals surface area (Å²) < 4.78 is 19.1. The molecule has 0 spiro atoms. The molecular weight excluding hydrogens is 397 g/mol. The van der Waals surface area contributed by atoms with Crippen LogP contribution >= 0.6 is 0 Å². The lowest BCUT2D eigenvalue weighted by molar-refractivity contribution is -0.140. The lowest BCUT2D eigenvalue weighted by Crippen LogP contribution is -2.31. The molecule has 1 amide bonds. The van der Waals surface area contributed by atoms with Crippen LogP contribution in [0.1, 0.15) is 49.9 Å². The Hall–Kier alpha value is -2.99. The Morgan fingerprint density at radius 1 is 1.10 bits per heavy atom. The van der Waals surface area contributed by atoms with Crippen molar-refractivity contribution in [1.29, 1.82) is 0 Å². The fraction of sp³-hybridized carbons (Fsp3) is 0.360. The number of amides is 1. The molecule has 31 heavy (non-hydrogen) atoms. The standard InChI is InChI=1S/C25H28FNO4/c1-4-17-6-8-19(9-7-17)23(28)21-22(18-10-12-20(26)13-11-18)27(25(30)24(21)29)14-5-15-31-16(2)3/h6-13,16,22,28H,4-5,14-15H2,1-3H3/b23-21-. The number of benzene rings is 2. The van der Waals surface area contributed by atoms with Crippen LogP contribution in [0.2, 0.25) is 0 Å². The number of Topliss-reactive ketones (excluding diaryl/α,β-unsaturated/α-hetero) is 1. The molecule has 3 rings (SSSR count). The van der Waals surface area contributed by atoms with E-state index in [0.29, 0.717) is 24.2 Å². The third-order valence-electron chi connectivity index (χ3n) is 5.36. The number of rotatable bonds is 8. The number of nitrogens with zero attached hydrogens (tertiary/aromatic N) is 1. The Morgan fingerprint density at radius 2 is 1.74 bits per heavy atom. The van der Waals surface area contributed by atoms with E-state index in [1.54, 1.807) is 12.1 Å². The Labute approximate surface area is 182 Å².